The molecule has 0 aromatic heterocycles. The summed E-state index contributed by atoms with van der Waals surface area (Å²) in [5, 5.41) is 0. The smallest absolute Gasteiger partial charge is 0.342 e. The quantitative estimate of drug-likeness (QED) is 0.594. The molecule has 0 saturated carbocycles. The Hall–Kier alpha value is -3.93. The van der Waals surface area contributed by atoms with E-state index in [2.05, 4.69) is 0 Å². The fourth-order valence-corrected chi connectivity index (χ4v) is 3.95. The first-order valence-corrected chi connectivity index (χ1v) is 10.0. The van der Waals surface area contributed by atoms with Crippen molar-refractivity contribution >= 4 is 23.5 Å². The molecule has 3 aromatic rings. The van der Waals surface area contributed by atoms with Gasteiger partial charge in [-0.2, -0.15) is 0 Å². The molecule has 31 heavy (non-hydrogen) atoms. The normalized spacial score (nSPS) is 17.7. The first-order valence-electron chi connectivity index (χ1n) is 10.0. The summed E-state index contributed by atoms with van der Waals surface area (Å²) in [4.78, 5) is 39.0. The van der Waals surface area contributed by atoms with Crippen molar-refractivity contribution in [1.82, 2.24) is 0 Å². The third kappa shape index (κ3) is 3.26. The Labute approximate surface area is 179 Å². The first-order chi connectivity index (χ1) is 15.0. The second-order valence-corrected chi connectivity index (χ2v) is 7.62. The van der Waals surface area contributed by atoms with Crippen LogP contribution in [-0.2, 0) is 20.8 Å². The maximum Gasteiger partial charge on any atom is 0.342 e. The van der Waals surface area contributed by atoms with E-state index in [1.165, 1.54) is 0 Å². The number of hydrogen-bond donors (Lipinski definition) is 0. The predicted octanol–water partition coefficient (Wildman–Crippen LogP) is 4.36. The number of nitrogens with zero attached hydrogens (tertiary/aromatic N) is 1. The highest BCUT2D eigenvalue weighted by Gasteiger charge is 2.35. The summed E-state index contributed by atoms with van der Waals surface area (Å²) in [6, 6.07) is 21.7. The van der Waals surface area contributed by atoms with Crippen molar-refractivity contribution in [3.8, 4) is 0 Å². The topological polar surface area (TPSA) is 72.9 Å². The van der Waals surface area contributed by atoms with Crippen molar-refractivity contribution in [2.45, 2.75) is 25.7 Å². The van der Waals surface area contributed by atoms with Crippen molar-refractivity contribution < 1.29 is 23.9 Å². The fourth-order valence-electron chi connectivity index (χ4n) is 3.95. The molecule has 0 saturated heterocycles. The van der Waals surface area contributed by atoms with Gasteiger partial charge in [0, 0.05) is 16.8 Å². The summed E-state index contributed by atoms with van der Waals surface area (Å²) in [5.41, 5.74) is 4.19. The molecule has 6 nitrogen and oxygen atoms in total. The van der Waals surface area contributed by atoms with E-state index in [0.717, 1.165) is 22.4 Å². The Morgan fingerprint density at radius 2 is 1.65 bits per heavy atom. The van der Waals surface area contributed by atoms with Crippen LogP contribution in [0.5, 0.6) is 0 Å². The van der Waals surface area contributed by atoms with Crippen molar-refractivity contribution in [2.24, 2.45) is 0 Å². The minimum Gasteiger partial charge on any atom is -0.420 e. The minimum atomic E-state index is -1.03. The molecule has 2 aliphatic rings. The molecule has 0 spiro atoms. The van der Waals surface area contributed by atoms with Crippen LogP contribution in [0.3, 0.4) is 0 Å². The van der Waals surface area contributed by atoms with Gasteiger partial charge in [0.05, 0.1) is 18.0 Å². The molecule has 2 unspecified atom stereocenters. The van der Waals surface area contributed by atoms with Crippen LogP contribution in [0.1, 0.15) is 56.5 Å². The van der Waals surface area contributed by atoms with E-state index < -0.39 is 24.1 Å². The summed E-state index contributed by atoms with van der Waals surface area (Å²) in [5.74, 6) is -1.59. The Kier molecular flexibility index (Phi) is 4.55. The highest BCUT2D eigenvalue weighted by atomic mass is 16.7. The second-order valence-electron chi connectivity index (χ2n) is 7.62. The van der Waals surface area contributed by atoms with E-state index in [0.29, 0.717) is 17.7 Å². The predicted molar refractivity (Wildman–Crippen MR) is 113 cm³/mol. The molecule has 0 radical (unpaired) electrons. The Morgan fingerprint density at radius 3 is 2.39 bits per heavy atom. The molecule has 3 aromatic carbocycles. The van der Waals surface area contributed by atoms with Crippen LogP contribution >= 0.6 is 0 Å². The zero-order valence-electron chi connectivity index (χ0n) is 16.8. The number of benzene rings is 3. The lowest BCUT2D eigenvalue weighted by Gasteiger charge is -2.18. The Bertz CT molecular complexity index is 1200. The van der Waals surface area contributed by atoms with Gasteiger partial charge in [-0.3, -0.25) is 9.59 Å². The number of ether oxygens (including phenoxy) is 2. The van der Waals surface area contributed by atoms with E-state index in [1.807, 2.05) is 48.5 Å². The maximum atomic E-state index is 12.7. The summed E-state index contributed by atoms with van der Waals surface area (Å²) in [6.45, 7) is 2.26. The fraction of sp³-hybridized carbons (Fsp3) is 0.160. The van der Waals surface area contributed by atoms with Crippen molar-refractivity contribution in [2.75, 3.05) is 4.90 Å². The molecule has 6 heteroatoms. The molecule has 154 valence electrons. The highest BCUT2D eigenvalue weighted by molar-refractivity contribution is 6.10. The third-order valence-corrected chi connectivity index (χ3v) is 5.75. The number of rotatable bonds is 4. The van der Waals surface area contributed by atoms with E-state index >= 15 is 0 Å². The van der Waals surface area contributed by atoms with Gasteiger partial charge < -0.3 is 14.4 Å². The van der Waals surface area contributed by atoms with Gasteiger partial charge in [0.1, 0.15) is 0 Å². The molecule has 0 bridgehead atoms. The number of hydrogen-bond acceptors (Lipinski definition) is 5. The van der Waals surface area contributed by atoms with Crippen LogP contribution in [0.4, 0.5) is 5.69 Å². The second kappa shape index (κ2) is 7.40. The lowest BCUT2D eigenvalue weighted by atomic mass is 10.0. The van der Waals surface area contributed by atoms with Gasteiger partial charge in [-0.15, -0.1) is 0 Å². The molecule has 1 amide bonds. The molecule has 5 rings (SSSR count). The third-order valence-electron chi connectivity index (χ3n) is 5.75. The number of carbonyl (C=O) groups is 3. The van der Waals surface area contributed by atoms with Crippen LogP contribution in [0, 0.1) is 0 Å². The molecule has 0 aliphatic carbocycles. The maximum absolute atomic E-state index is 12.7. The first kappa shape index (κ1) is 19.1. The van der Waals surface area contributed by atoms with Crippen LogP contribution in [0.2, 0.25) is 0 Å². The monoisotopic (exact) mass is 413 g/mol. The average molecular weight is 413 g/mol. The van der Waals surface area contributed by atoms with Crippen molar-refractivity contribution in [1.29, 1.82) is 0 Å². The minimum absolute atomic E-state index is 0.0301. The SMILES string of the molecule is CC(C(=O)OC1OC(=O)c2ccccc21)c1ccc(N2Cc3ccccc3C2=O)cc1. The number of fused-ring (bicyclic) bond motifs is 2. The van der Waals surface area contributed by atoms with Crippen LogP contribution in [0.15, 0.2) is 72.8 Å². The van der Waals surface area contributed by atoms with Crippen LogP contribution in [0.25, 0.3) is 0 Å². The van der Waals surface area contributed by atoms with Gasteiger partial charge in [-0.25, -0.2) is 4.79 Å². The highest BCUT2D eigenvalue weighted by Crippen LogP contribution is 2.34. The molecule has 2 heterocycles. The van der Waals surface area contributed by atoms with E-state index in [4.69, 9.17) is 9.47 Å². The van der Waals surface area contributed by atoms with Gasteiger partial charge in [0.15, 0.2) is 0 Å². The standard InChI is InChI=1S/C25H19NO5/c1-15(23(28)30-25-21-9-5-4-8-20(21)24(29)31-25)16-10-12-18(13-11-16)26-14-17-6-2-3-7-19(17)22(26)27/h2-13,15,25H,14H2,1H3. The molecule has 0 fully saturated rings. The summed E-state index contributed by atoms with van der Waals surface area (Å²) < 4.78 is 10.7. The van der Waals surface area contributed by atoms with Gasteiger partial charge in [0.25, 0.3) is 12.2 Å². The Balaban J connectivity index is 1.29. The number of esters is 2. The van der Waals surface area contributed by atoms with Crippen LogP contribution < -0.4 is 4.90 Å². The summed E-state index contributed by atoms with van der Waals surface area (Å²) >= 11 is 0. The van der Waals surface area contributed by atoms with Gasteiger partial charge >= 0.3 is 11.9 Å². The number of cyclic esters (lactones) is 1. The summed E-state index contributed by atoms with van der Waals surface area (Å²) in [6.07, 6.45) is -1.03. The van der Waals surface area contributed by atoms with E-state index in [9.17, 15) is 14.4 Å². The molecule has 2 aliphatic heterocycles. The lowest BCUT2D eigenvalue weighted by Crippen LogP contribution is -2.23. The van der Waals surface area contributed by atoms with Gasteiger partial charge in [-0.1, -0.05) is 48.5 Å². The van der Waals surface area contributed by atoms with Gasteiger partial charge in [-0.05, 0) is 42.3 Å². The van der Waals surface area contributed by atoms with Gasteiger partial charge in [0.2, 0.25) is 0 Å². The molecular weight excluding hydrogens is 394 g/mol. The number of carbonyl (C=O) groups excluding carboxylic acids is 3. The summed E-state index contributed by atoms with van der Waals surface area (Å²) in [7, 11) is 0. The average Bonchev–Trinajstić information content (AvgIpc) is 3.30. The lowest BCUT2D eigenvalue weighted by molar-refractivity contribution is -0.169. The largest absolute Gasteiger partial charge is 0.420 e. The molecule has 2 atom stereocenters. The van der Waals surface area contributed by atoms with Crippen LogP contribution in [-0.4, -0.2) is 17.8 Å². The van der Waals surface area contributed by atoms with E-state index in [-0.39, 0.29) is 5.91 Å². The molecular formula is C25H19NO5. The zero-order valence-corrected chi connectivity index (χ0v) is 16.8. The molecule has 0 N–H and O–H groups in total. The number of amides is 1. The number of anilines is 1. The Morgan fingerprint density at radius 1 is 0.968 bits per heavy atom. The van der Waals surface area contributed by atoms with Crippen molar-refractivity contribution in [3.05, 3.63) is 101 Å². The van der Waals surface area contributed by atoms with Crippen molar-refractivity contribution in [3.63, 3.8) is 0 Å². The van der Waals surface area contributed by atoms with E-state index in [1.54, 1.807) is 36.1 Å². The zero-order chi connectivity index (χ0) is 21.5.